The van der Waals surface area contributed by atoms with Gasteiger partial charge in [0, 0.05) is 54.8 Å². The fourth-order valence-corrected chi connectivity index (χ4v) is 3.44. The molecule has 3 rings (SSSR count). The first kappa shape index (κ1) is 54.6. The molecule has 9 heteroatoms. The highest BCUT2D eigenvalue weighted by Gasteiger charge is 2.21. The number of benzene rings is 1. The second-order valence-corrected chi connectivity index (χ2v) is 13.7. The molecule has 53 heavy (non-hydrogen) atoms. The van der Waals surface area contributed by atoms with Crippen LogP contribution >= 0.6 is 12.4 Å². The van der Waals surface area contributed by atoms with Crippen molar-refractivity contribution in [2.45, 2.75) is 103 Å². The SMILES string of the molecule is CC(C)=C(C)C#C/C(C)=C(/C)C1OCC(C)CO1.CC(C)=C(C)C#C/C(C)=C(/C)CO.CC(CO)CO.CC1COC(c2ccccc2)OC1.CO.Cl.[H+]. The first-order valence-corrected chi connectivity index (χ1v) is 18.0. The first-order chi connectivity index (χ1) is 24.6. The molecule has 2 saturated heterocycles. The molecule has 0 aromatic heterocycles. The van der Waals surface area contributed by atoms with Crippen molar-refractivity contribution in [1.29, 1.82) is 0 Å². The van der Waals surface area contributed by atoms with E-state index in [1.807, 2.05) is 85.7 Å². The Morgan fingerprint density at radius 2 is 1.02 bits per heavy atom. The van der Waals surface area contributed by atoms with Crippen molar-refractivity contribution < 1.29 is 40.8 Å². The predicted molar refractivity (Wildman–Crippen MR) is 222 cm³/mol. The average molecular weight is 765 g/mol. The monoisotopic (exact) mass is 763 g/mol. The predicted octanol–water partition coefficient (Wildman–Crippen LogP) is 8.48. The summed E-state index contributed by atoms with van der Waals surface area (Å²) in [6, 6.07) is 10.1. The van der Waals surface area contributed by atoms with Crippen LogP contribution in [0.5, 0.6) is 0 Å². The highest BCUT2D eigenvalue weighted by atomic mass is 35.5. The van der Waals surface area contributed by atoms with Gasteiger partial charge >= 0.3 is 1.43 Å². The Kier molecular flexibility index (Phi) is 33.7. The van der Waals surface area contributed by atoms with E-state index in [9.17, 15) is 0 Å². The number of aliphatic hydroxyl groups excluding tert-OH is 4. The quantitative estimate of drug-likeness (QED) is 0.221. The minimum absolute atomic E-state index is 0. The lowest BCUT2D eigenvalue weighted by Gasteiger charge is -2.28. The van der Waals surface area contributed by atoms with Crippen LogP contribution in [-0.4, -0.2) is 80.1 Å². The molecule has 8 nitrogen and oxygen atoms in total. The summed E-state index contributed by atoms with van der Waals surface area (Å²) in [7, 11) is 1.00. The lowest BCUT2D eigenvalue weighted by molar-refractivity contribution is -0.202. The molecule has 2 aliphatic rings. The van der Waals surface area contributed by atoms with Gasteiger partial charge in [0.05, 0.1) is 33.0 Å². The van der Waals surface area contributed by atoms with Gasteiger partial charge < -0.3 is 39.4 Å². The molecule has 302 valence electrons. The smallest absolute Gasteiger partial charge is 0.400 e. The molecule has 0 bridgehead atoms. The third-order valence-electron chi connectivity index (χ3n) is 8.02. The van der Waals surface area contributed by atoms with Crippen molar-refractivity contribution >= 4 is 12.4 Å². The summed E-state index contributed by atoms with van der Waals surface area (Å²) in [6.07, 6.45) is -0.375. The molecule has 0 unspecified atom stereocenters. The van der Waals surface area contributed by atoms with E-state index in [4.69, 9.17) is 39.4 Å². The highest BCUT2D eigenvalue weighted by Crippen LogP contribution is 2.24. The van der Waals surface area contributed by atoms with E-state index >= 15 is 0 Å². The number of hydrogen-bond acceptors (Lipinski definition) is 8. The molecule has 0 atom stereocenters. The summed E-state index contributed by atoms with van der Waals surface area (Å²) in [5.41, 5.74) is 9.85. The van der Waals surface area contributed by atoms with E-state index in [-0.39, 0.29) is 52.2 Å². The molecule has 0 aliphatic carbocycles. The maximum Gasteiger partial charge on any atom is 1.00 e. The van der Waals surface area contributed by atoms with Gasteiger partial charge in [-0.25, -0.2) is 0 Å². The van der Waals surface area contributed by atoms with Crippen molar-refractivity contribution in [1.82, 2.24) is 0 Å². The van der Waals surface area contributed by atoms with Gasteiger partial charge in [0.25, 0.3) is 0 Å². The van der Waals surface area contributed by atoms with E-state index < -0.39 is 0 Å². The number of hydrogen-bond donors (Lipinski definition) is 4. The first-order valence-electron chi connectivity index (χ1n) is 18.0. The number of ether oxygens (including phenoxy) is 4. The molecule has 1 aromatic carbocycles. The molecular formula is C44H72ClO8+. The molecule has 2 heterocycles. The van der Waals surface area contributed by atoms with Crippen LogP contribution in [0.25, 0.3) is 0 Å². The van der Waals surface area contributed by atoms with Gasteiger partial charge in [0.2, 0.25) is 0 Å². The third-order valence-corrected chi connectivity index (χ3v) is 8.02. The molecular weight excluding hydrogens is 692 g/mol. The van der Waals surface area contributed by atoms with Gasteiger partial charge in [0.15, 0.2) is 12.6 Å². The maximum absolute atomic E-state index is 8.84. The van der Waals surface area contributed by atoms with Crippen LogP contribution in [0.15, 0.2) is 74.9 Å². The van der Waals surface area contributed by atoms with Crippen molar-refractivity contribution in [2.24, 2.45) is 17.8 Å². The van der Waals surface area contributed by atoms with E-state index in [0.29, 0.717) is 11.8 Å². The minimum atomic E-state index is -0.220. The molecule has 0 spiro atoms. The third kappa shape index (κ3) is 25.8. The standard InChI is InChI=1S/C16H24O2.C12H18O.C11H14O2.C4H10O2.CH4O.ClH/c1-11(2)13(4)7-8-14(5)15(6)16-17-9-12(3)10-18-16;1-9(2)10(3)6-7-11(4)12(5)8-13;1-9-7-12-11(13-8-9)10-5-3-2-4-6-10;1-4(2-5)3-6;1-2;/h12,16H,9-10H2,1-6H3;13H,8H2,1-5H3;2-6,9,11H,7-8H2,1H3;4-6H,2-3H2,1H3;2H,1H3;1H/p+1/b15-14-;12-11-;;;;. The van der Waals surface area contributed by atoms with Gasteiger partial charge in [-0.3, -0.25) is 0 Å². The van der Waals surface area contributed by atoms with Crippen molar-refractivity contribution in [3.63, 3.8) is 0 Å². The second kappa shape index (κ2) is 32.7. The van der Waals surface area contributed by atoms with E-state index in [2.05, 4.69) is 51.4 Å². The Morgan fingerprint density at radius 3 is 1.38 bits per heavy atom. The zero-order valence-corrected chi connectivity index (χ0v) is 35.9. The van der Waals surface area contributed by atoms with Gasteiger partial charge in [-0.05, 0) is 91.5 Å². The Balaban J connectivity index is -0.000000314. The molecule has 2 aliphatic heterocycles. The van der Waals surface area contributed by atoms with Gasteiger partial charge in [-0.15, -0.1) is 12.4 Å². The summed E-state index contributed by atoms with van der Waals surface area (Å²) in [6.45, 7) is 29.5. The fourth-order valence-electron chi connectivity index (χ4n) is 3.44. The van der Waals surface area contributed by atoms with Crippen molar-refractivity contribution in [3.05, 3.63) is 80.5 Å². The summed E-state index contributed by atoms with van der Waals surface area (Å²) >= 11 is 0. The summed E-state index contributed by atoms with van der Waals surface area (Å²) in [5, 5.41) is 32.2. The normalized spacial score (nSPS) is 19.5. The van der Waals surface area contributed by atoms with Gasteiger partial charge in [-0.1, -0.05) is 85.9 Å². The van der Waals surface area contributed by atoms with Crippen molar-refractivity contribution in [2.75, 3.05) is 53.4 Å². The van der Waals surface area contributed by atoms with E-state index in [1.165, 1.54) is 11.1 Å². The topological polar surface area (TPSA) is 118 Å². The highest BCUT2D eigenvalue weighted by molar-refractivity contribution is 5.85. The Bertz CT molecular complexity index is 1370. The molecule has 0 amide bonds. The summed E-state index contributed by atoms with van der Waals surface area (Å²) < 4.78 is 22.4. The van der Waals surface area contributed by atoms with Crippen LogP contribution in [0.2, 0.25) is 0 Å². The second-order valence-electron chi connectivity index (χ2n) is 13.7. The van der Waals surface area contributed by atoms with Crippen LogP contribution in [0.4, 0.5) is 0 Å². The fraction of sp³-hybridized carbons (Fsp3) is 0.591. The van der Waals surface area contributed by atoms with Gasteiger partial charge in [0.1, 0.15) is 0 Å². The van der Waals surface area contributed by atoms with E-state index in [0.717, 1.165) is 72.5 Å². The minimum Gasteiger partial charge on any atom is -0.400 e. The van der Waals surface area contributed by atoms with E-state index in [1.54, 1.807) is 6.92 Å². The Morgan fingerprint density at radius 1 is 0.642 bits per heavy atom. The largest absolute Gasteiger partial charge is 1.00 e. The molecule has 0 radical (unpaired) electrons. The number of halogens is 1. The van der Waals surface area contributed by atoms with Crippen LogP contribution in [0, 0.1) is 41.4 Å². The zero-order valence-electron chi connectivity index (χ0n) is 36.1. The van der Waals surface area contributed by atoms with Crippen LogP contribution in [0.3, 0.4) is 0 Å². The number of allylic oxidation sites excluding steroid dienone is 6. The van der Waals surface area contributed by atoms with Crippen LogP contribution in [-0.2, 0) is 18.9 Å². The lowest BCUT2D eigenvalue weighted by Crippen LogP contribution is -2.31. The van der Waals surface area contributed by atoms with Crippen LogP contribution < -0.4 is 0 Å². The van der Waals surface area contributed by atoms with Crippen molar-refractivity contribution in [3.8, 4) is 23.7 Å². The number of rotatable bonds is 5. The van der Waals surface area contributed by atoms with Crippen LogP contribution in [0.1, 0.15) is 103 Å². The lowest BCUT2D eigenvalue weighted by atomic mass is 10.1. The zero-order chi connectivity index (χ0) is 40.2. The molecule has 0 saturated carbocycles. The Hall–Kier alpha value is -2.73. The summed E-state index contributed by atoms with van der Waals surface area (Å²) in [5.74, 6) is 13.5. The number of aliphatic hydroxyl groups is 4. The summed E-state index contributed by atoms with van der Waals surface area (Å²) in [4.78, 5) is 0. The molecule has 1 aromatic rings. The average Bonchev–Trinajstić information content (AvgIpc) is 3.17. The maximum atomic E-state index is 8.84. The van der Waals surface area contributed by atoms with Gasteiger partial charge in [-0.2, -0.15) is 0 Å². The Labute approximate surface area is 330 Å². The molecule has 2 fully saturated rings. The molecule has 4 N–H and O–H groups in total.